The molecule has 4 rings (SSSR count). The molecule has 0 radical (unpaired) electrons. The second kappa shape index (κ2) is 8.94. The Hall–Kier alpha value is -2.09. The molecule has 3 aromatic rings. The average molecular weight is 415 g/mol. The van der Waals surface area contributed by atoms with Gasteiger partial charge in [0.05, 0.1) is 11.7 Å². The van der Waals surface area contributed by atoms with Gasteiger partial charge in [0.25, 0.3) is 0 Å². The summed E-state index contributed by atoms with van der Waals surface area (Å²) < 4.78 is 0. The van der Waals surface area contributed by atoms with Gasteiger partial charge in [-0.15, -0.1) is 11.8 Å². The van der Waals surface area contributed by atoms with Crippen LogP contribution in [-0.4, -0.2) is 65.4 Å². The van der Waals surface area contributed by atoms with Gasteiger partial charge < -0.3 is 15.1 Å². The summed E-state index contributed by atoms with van der Waals surface area (Å²) in [6.07, 6.45) is 1.73. The number of pyridine rings is 1. The Morgan fingerprint density at radius 3 is 2.68 bits per heavy atom. The van der Waals surface area contributed by atoms with Gasteiger partial charge in [-0.2, -0.15) is 4.98 Å². The van der Waals surface area contributed by atoms with Gasteiger partial charge in [0, 0.05) is 48.8 Å². The topological polar surface area (TPSA) is 57.2 Å². The molecule has 0 bridgehead atoms. The molecule has 0 aliphatic carbocycles. The summed E-state index contributed by atoms with van der Waals surface area (Å²) in [5.41, 5.74) is 0.812. The predicted molar refractivity (Wildman–Crippen MR) is 118 cm³/mol. The number of hydrogen-bond donors (Lipinski definition) is 1. The van der Waals surface area contributed by atoms with E-state index in [0.29, 0.717) is 5.15 Å². The van der Waals surface area contributed by atoms with E-state index in [1.165, 1.54) is 4.90 Å². The molecular formula is C20H23ClN6S. The number of nitrogens with zero attached hydrogens (tertiary/aromatic N) is 5. The first kappa shape index (κ1) is 19.2. The number of nitrogens with one attached hydrogen (secondary N) is 1. The summed E-state index contributed by atoms with van der Waals surface area (Å²) >= 11 is 7.94. The molecule has 0 amide bonds. The zero-order valence-electron chi connectivity index (χ0n) is 15.8. The summed E-state index contributed by atoms with van der Waals surface area (Å²) in [7, 11) is 2.14. The lowest BCUT2D eigenvalue weighted by Gasteiger charge is -2.32. The monoisotopic (exact) mass is 414 g/mol. The Kier molecular flexibility index (Phi) is 6.14. The second-order valence-corrected chi connectivity index (χ2v) is 8.33. The molecule has 0 unspecified atom stereocenters. The molecule has 1 aliphatic rings. The van der Waals surface area contributed by atoms with Crippen molar-refractivity contribution in [3.05, 3.63) is 47.7 Å². The third-order valence-electron chi connectivity index (χ3n) is 4.73. The maximum atomic E-state index is 6.12. The molecule has 8 heteroatoms. The van der Waals surface area contributed by atoms with Crippen molar-refractivity contribution in [2.45, 2.75) is 4.90 Å². The molecule has 6 nitrogen and oxygen atoms in total. The van der Waals surface area contributed by atoms with Crippen molar-refractivity contribution < 1.29 is 0 Å². The molecule has 0 saturated carbocycles. The fourth-order valence-corrected chi connectivity index (χ4v) is 4.08. The molecule has 146 valence electrons. The van der Waals surface area contributed by atoms with E-state index in [1.807, 2.05) is 23.9 Å². The Balaban J connectivity index is 1.52. The highest BCUT2D eigenvalue weighted by Gasteiger charge is 2.18. The van der Waals surface area contributed by atoms with E-state index in [2.05, 4.69) is 51.4 Å². The van der Waals surface area contributed by atoms with E-state index < -0.39 is 0 Å². The molecular weight excluding hydrogens is 392 g/mol. The van der Waals surface area contributed by atoms with E-state index >= 15 is 0 Å². The molecule has 2 aromatic heterocycles. The standard InChI is InChI=1S/C20H23ClN6S/c1-26-8-10-27(11-9-26)20-24-17-14-23-18(21)13-16(17)19(25-20)22-7-12-28-15-5-3-2-4-6-15/h2-6,13-14H,7-12H2,1H3,(H,22,24,25). The number of thioether (sulfide) groups is 1. The minimum atomic E-state index is 0.449. The maximum absolute atomic E-state index is 6.12. The Bertz CT molecular complexity index is 931. The van der Waals surface area contributed by atoms with Gasteiger partial charge in [-0.1, -0.05) is 29.8 Å². The van der Waals surface area contributed by atoms with Crippen LogP contribution in [0.25, 0.3) is 10.9 Å². The maximum Gasteiger partial charge on any atom is 0.228 e. The van der Waals surface area contributed by atoms with Gasteiger partial charge in [-0.05, 0) is 25.2 Å². The fourth-order valence-electron chi connectivity index (χ4n) is 3.13. The molecule has 1 aliphatic heterocycles. The lowest BCUT2D eigenvalue weighted by atomic mass is 10.3. The van der Waals surface area contributed by atoms with Crippen LogP contribution in [0.4, 0.5) is 11.8 Å². The number of aromatic nitrogens is 3. The van der Waals surface area contributed by atoms with E-state index in [9.17, 15) is 0 Å². The van der Waals surface area contributed by atoms with Crippen LogP contribution in [-0.2, 0) is 0 Å². The minimum absolute atomic E-state index is 0.449. The first-order valence-corrected chi connectivity index (χ1v) is 10.7. The van der Waals surface area contributed by atoms with Gasteiger partial charge in [-0.25, -0.2) is 9.97 Å². The summed E-state index contributed by atoms with van der Waals surface area (Å²) in [5, 5.41) is 4.83. The average Bonchev–Trinajstić information content (AvgIpc) is 2.72. The van der Waals surface area contributed by atoms with E-state index in [0.717, 1.165) is 61.1 Å². The lowest BCUT2D eigenvalue weighted by Crippen LogP contribution is -2.45. The zero-order chi connectivity index (χ0) is 19.3. The van der Waals surface area contributed by atoms with Gasteiger partial charge >= 0.3 is 0 Å². The van der Waals surface area contributed by atoms with Crippen LogP contribution in [0, 0.1) is 0 Å². The Labute approximate surface area is 174 Å². The number of piperazine rings is 1. The van der Waals surface area contributed by atoms with Crippen molar-refractivity contribution in [3.8, 4) is 0 Å². The summed E-state index contributed by atoms with van der Waals surface area (Å²) in [6.45, 7) is 4.67. The largest absolute Gasteiger partial charge is 0.369 e. The van der Waals surface area contributed by atoms with Crippen LogP contribution in [0.3, 0.4) is 0 Å². The van der Waals surface area contributed by atoms with E-state index in [4.69, 9.17) is 21.6 Å². The highest BCUT2D eigenvalue weighted by Crippen LogP contribution is 2.26. The van der Waals surface area contributed by atoms with Gasteiger partial charge in [0.15, 0.2) is 0 Å². The van der Waals surface area contributed by atoms with Crippen LogP contribution in [0.2, 0.25) is 5.15 Å². The molecule has 0 atom stereocenters. The highest BCUT2D eigenvalue weighted by atomic mass is 35.5. The second-order valence-electron chi connectivity index (χ2n) is 6.78. The Morgan fingerprint density at radius 1 is 1.11 bits per heavy atom. The zero-order valence-corrected chi connectivity index (χ0v) is 17.4. The number of hydrogen-bond acceptors (Lipinski definition) is 7. The fraction of sp³-hybridized carbons (Fsp3) is 0.350. The number of benzene rings is 1. The van der Waals surface area contributed by atoms with Gasteiger partial charge in [0.1, 0.15) is 11.0 Å². The van der Waals surface area contributed by atoms with Crippen molar-refractivity contribution in [1.29, 1.82) is 0 Å². The van der Waals surface area contributed by atoms with Gasteiger partial charge in [-0.3, -0.25) is 0 Å². The summed E-state index contributed by atoms with van der Waals surface area (Å²) in [4.78, 5) is 19.6. The van der Waals surface area contributed by atoms with Crippen molar-refractivity contribution >= 4 is 46.0 Å². The predicted octanol–water partition coefficient (Wildman–Crippen LogP) is 3.63. The third kappa shape index (κ3) is 4.66. The minimum Gasteiger partial charge on any atom is -0.369 e. The number of likely N-dealkylation sites (N-methyl/N-ethyl adjacent to an activating group) is 1. The molecule has 1 aromatic carbocycles. The summed E-state index contributed by atoms with van der Waals surface area (Å²) in [5.74, 6) is 2.51. The molecule has 3 heterocycles. The van der Waals surface area contributed by atoms with Gasteiger partial charge in [0.2, 0.25) is 5.95 Å². The molecule has 0 spiro atoms. The molecule has 1 fully saturated rings. The molecule has 1 saturated heterocycles. The van der Waals surface area contributed by atoms with Crippen molar-refractivity contribution in [3.63, 3.8) is 0 Å². The van der Waals surface area contributed by atoms with Crippen LogP contribution in [0.15, 0.2) is 47.5 Å². The first-order chi connectivity index (χ1) is 13.7. The van der Waals surface area contributed by atoms with Crippen LogP contribution in [0.5, 0.6) is 0 Å². The van der Waals surface area contributed by atoms with Crippen molar-refractivity contribution in [2.24, 2.45) is 0 Å². The number of halogens is 1. The highest BCUT2D eigenvalue weighted by molar-refractivity contribution is 7.99. The normalized spacial score (nSPS) is 15.1. The molecule has 28 heavy (non-hydrogen) atoms. The van der Waals surface area contributed by atoms with Crippen LogP contribution in [0.1, 0.15) is 0 Å². The SMILES string of the molecule is CN1CCN(c2nc(NCCSc3ccccc3)c3cc(Cl)ncc3n2)CC1. The number of fused-ring (bicyclic) bond motifs is 1. The lowest BCUT2D eigenvalue weighted by molar-refractivity contribution is 0.311. The van der Waals surface area contributed by atoms with Crippen LogP contribution >= 0.6 is 23.4 Å². The quantitative estimate of drug-likeness (QED) is 0.375. The Morgan fingerprint density at radius 2 is 1.89 bits per heavy atom. The number of rotatable bonds is 6. The van der Waals surface area contributed by atoms with E-state index in [-0.39, 0.29) is 0 Å². The summed E-state index contributed by atoms with van der Waals surface area (Å²) in [6, 6.07) is 12.2. The molecule has 1 N–H and O–H groups in total. The van der Waals surface area contributed by atoms with E-state index in [1.54, 1.807) is 6.20 Å². The van der Waals surface area contributed by atoms with Crippen LogP contribution < -0.4 is 10.2 Å². The third-order valence-corrected chi connectivity index (χ3v) is 5.95. The van der Waals surface area contributed by atoms with Crippen molar-refractivity contribution in [1.82, 2.24) is 19.9 Å². The number of anilines is 2. The smallest absolute Gasteiger partial charge is 0.228 e. The first-order valence-electron chi connectivity index (χ1n) is 9.37. The van der Waals surface area contributed by atoms with Crippen molar-refractivity contribution in [2.75, 3.05) is 55.7 Å².